The number of aromatic nitrogens is 2. The highest BCUT2D eigenvalue weighted by Crippen LogP contribution is 2.31. The number of fused-ring (bicyclic) bond motifs is 2. The van der Waals surface area contributed by atoms with Crippen molar-refractivity contribution in [1.82, 2.24) is 14.5 Å². The number of nitrogens with zero attached hydrogens (tertiary/aromatic N) is 3. The van der Waals surface area contributed by atoms with Gasteiger partial charge in [-0.2, -0.15) is 0 Å². The number of hydrogen-bond acceptors (Lipinski definition) is 3. The summed E-state index contributed by atoms with van der Waals surface area (Å²) in [6.07, 6.45) is 0.624. The molecular weight excluding hydrogens is 278 g/mol. The van der Waals surface area contributed by atoms with Gasteiger partial charge in [-0.15, -0.1) is 0 Å². The summed E-state index contributed by atoms with van der Waals surface area (Å²) in [5.74, 6) is 0.743. The minimum atomic E-state index is -0.736. The largest absolute Gasteiger partial charge is 0.480 e. The van der Waals surface area contributed by atoms with Crippen LogP contribution in [0.3, 0.4) is 0 Å². The van der Waals surface area contributed by atoms with Crippen LogP contribution in [0.15, 0.2) is 12.1 Å². The molecule has 0 saturated heterocycles. The van der Waals surface area contributed by atoms with Crippen LogP contribution in [0.2, 0.25) is 0 Å². The molecule has 3 rings (SSSR count). The van der Waals surface area contributed by atoms with E-state index in [1.165, 1.54) is 11.1 Å². The van der Waals surface area contributed by atoms with Gasteiger partial charge in [0.05, 0.1) is 11.0 Å². The molecule has 0 fully saturated rings. The van der Waals surface area contributed by atoms with Gasteiger partial charge in [-0.3, -0.25) is 9.69 Å². The summed E-state index contributed by atoms with van der Waals surface area (Å²) in [6, 6.07) is 3.90. The minimum absolute atomic E-state index is 0.389. The maximum atomic E-state index is 11.4. The van der Waals surface area contributed by atoms with Crippen LogP contribution >= 0.6 is 0 Å². The Hall–Kier alpha value is -1.88. The van der Waals surface area contributed by atoms with Crippen molar-refractivity contribution in [3.05, 3.63) is 29.1 Å². The Kier molecular flexibility index (Phi) is 3.68. The maximum Gasteiger partial charge on any atom is 0.320 e. The molecule has 1 aromatic carbocycles. The third-order valence-electron chi connectivity index (χ3n) is 4.61. The SMILES string of the molecule is CCC(C(=O)O)N1Cc2cc3nc(C(C)C)n(C)c3cc2C1. The van der Waals surface area contributed by atoms with E-state index in [4.69, 9.17) is 4.98 Å². The second-order valence-electron chi connectivity index (χ2n) is 6.46. The highest BCUT2D eigenvalue weighted by molar-refractivity contribution is 5.79. The van der Waals surface area contributed by atoms with Crippen LogP contribution < -0.4 is 0 Å². The molecule has 5 heteroatoms. The molecule has 0 saturated carbocycles. The van der Waals surface area contributed by atoms with Crippen molar-refractivity contribution in [2.75, 3.05) is 0 Å². The van der Waals surface area contributed by atoms with E-state index >= 15 is 0 Å². The van der Waals surface area contributed by atoms with E-state index in [-0.39, 0.29) is 0 Å². The minimum Gasteiger partial charge on any atom is -0.480 e. The van der Waals surface area contributed by atoms with Crippen LogP contribution in [-0.4, -0.2) is 31.6 Å². The predicted molar refractivity (Wildman–Crippen MR) is 85.8 cm³/mol. The van der Waals surface area contributed by atoms with Gasteiger partial charge in [0, 0.05) is 26.1 Å². The van der Waals surface area contributed by atoms with Crippen molar-refractivity contribution >= 4 is 17.0 Å². The molecule has 22 heavy (non-hydrogen) atoms. The van der Waals surface area contributed by atoms with Gasteiger partial charge < -0.3 is 9.67 Å². The number of carboxylic acid groups (broad SMARTS) is 1. The molecule has 0 spiro atoms. The molecule has 1 aliphatic heterocycles. The summed E-state index contributed by atoms with van der Waals surface area (Å²) < 4.78 is 2.15. The Morgan fingerprint density at radius 1 is 1.32 bits per heavy atom. The lowest BCUT2D eigenvalue weighted by molar-refractivity contribution is -0.143. The second-order valence-corrected chi connectivity index (χ2v) is 6.46. The van der Waals surface area contributed by atoms with Crippen molar-refractivity contribution in [3.63, 3.8) is 0 Å². The number of carbonyl (C=O) groups is 1. The molecule has 1 N–H and O–H groups in total. The lowest BCUT2D eigenvalue weighted by atomic mass is 10.1. The Morgan fingerprint density at radius 3 is 2.50 bits per heavy atom. The van der Waals surface area contributed by atoms with E-state index in [2.05, 4.69) is 37.6 Å². The fraction of sp³-hybridized carbons (Fsp3) is 0.529. The fourth-order valence-corrected chi connectivity index (χ4v) is 3.46. The molecule has 0 radical (unpaired) electrons. The third-order valence-corrected chi connectivity index (χ3v) is 4.61. The van der Waals surface area contributed by atoms with Gasteiger partial charge in [-0.05, 0) is 29.7 Å². The van der Waals surface area contributed by atoms with E-state index in [0.717, 1.165) is 16.9 Å². The van der Waals surface area contributed by atoms with Gasteiger partial charge in [0.25, 0.3) is 0 Å². The van der Waals surface area contributed by atoms with Crippen LogP contribution in [-0.2, 0) is 24.9 Å². The van der Waals surface area contributed by atoms with Gasteiger partial charge in [-0.25, -0.2) is 4.98 Å². The van der Waals surface area contributed by atoms with Gasteiger partial charge in [0.2, 0.25) is 0 Å². The Bertz CT molecular complexity index is 733. The molecule has 0 aliphatic carbocycles. The van der Waals surface area contributed by atoms with Crippen molar-refractivity contribution in [3.8, 4) is 0 Å². The van der Waals surface area contributed by atoms with Gasteiger partial charge in [0.1, 0.15) is 11.9 Å². The molecule has 1 aliphatic rings. The van der Waals surface area contributed by atoms with E-state index in [1.807, 2.05) is 11.8 Å². The summed E-state index contributed by atoms with van der Waals surface area (Å²) in [5.41, 5.74) is 4.58. The average Bonchev–Trinajstić information content (AvgIpc) is 2.98. The number of rotatable bonds is 4. The van der Waals surface area contributed by atoms with Crippen LogP contribution in [0, 0.1) is 0 Å². The smallest absolute Gasteiger partial charge is 0.320 e. The van der Waals surface area contributed by atoms with E-state index in [9.17, 15) is 9.90 Å². The molecule has 5 nitrogen and oxygen atoms in total. The highest BCUT2D eigenvalue weighted by atomic mass is 16.4. The van der Waals surface area contributed by atoms with Gasteiger partial charge >= 0.3 is 5.97 Å². The van der Waals surface area contributed by atoms with Crippen molar-refractivity contribution < 1.29 is 9.90 Å². The summed E-state index contributed by atoms with van der Waals surface area (Å²) in [5, 5.41) is 9.35. The molecule has 118 valence electrons. The number of benzene rings is 1. The normalized spacial score (nSPS) is 16.4. The van der Waals surface area contributed by atoms with Gasteiger partial charge in [0.15, 0.2) is 0 Å². The van der Waals surface area contributed by atoms with Gasteiger partial charge in [-0.1, -0.05) is 20.8 Å². The first kappa shape index (κ1) is 15.0. The zero-order chi connectivity index (χ0) is 16.0. The van der Waals surface area contributed by atoms with E-state index < -0.39 is 12.0 Å². The molecule has 0 amide bonds. The lowest BCUT2D eigenvalue weighted by Crippen LogP contribution is -2.36. The standard InChI is InChI=1S/C17H23N3O2/c1-5-14(17(21)22)20-8-11-6-13-15(7-12(11)9-20)19(4)16(18-13)10(2)3/h6-7,10,14H,5,8-9H2,1-4H3,(H,21,22). The van der Waals surface area contributed by atoms with Crippen molar-refractivity contribution in [2.45, 2.75) is 52.2 Å². The summed E-state index contributed by atoms with van der Waals surface area (Å²) in [6.45, 7) is 7.63. The van der Waals surface area contributed by atoms with Crippen LogP contribution in [0.4, 0.5) is 0 Å². The Labute approximate surface area is 130 Å². The van der Waals surface area contributed by atoms with E-state index in [1.54, 1.807) is 0 Å². The monoisotopic (exact) mass is 301 g/mol. The Balaban J connectivity index is 1.98. The van der Waals surface area contributed by atoms with Crippen LogP contribution in [0.1, 0.15) is 50.1 Å². The molecule has 0 bridgehead atoms. The summed E-state index contributed by atoms with van der Waals surface area (Å²) in [4.78, 5) is 18.1. The summed E-state index contributed by atoms with van der Waals surface area (Å²) >= 11 is 0. The van der Waals surface area contributed by atoms with Crippen molar-refractivity contribution in [2.24, 2.45) is 7.05 Å². The Morgan fingerprint density at radius 2 is 1.95 bits per heavy atom. The molecular formula is C17H23N3O2. The maximum absolute atomic E-state index is 11.4. The van der Waals surface area contributed by atoms with Crippen molar-refractivity contribution in [1.29, 1.82) is 0 Å². The first-order valence-corrected chi connectivity index (χ1v) is 7.87. The average molecular weight is 301 g/mol. The lowest BCUT2D eigenvalue weighted by Gasteiger charge is -2.22. The molecule has 2 heterocycles. The summed E-state index contributed by atoms with van der Waals surface area (Å²) in [7, 11) is 2.05. The topological polar surface area (TPSA) is 58.4 Å². The first-order chi connectivity index (χ1) is 10.4. The number of imidazole rings is 1. The first-order valence-electron chi connectivity index (χ1n) is 7.87. The third kappa shape index (κ3) is 2.29. The zero-order valence-corrected chi connectivity index (χ0v) is 13.6. The second kappa shape index (κ2) is 5.39. The fourth-order valence-electron chi connectivity index (χ4n) is 3.46. The number of aliphatic carboxylic acids is 1. The highest BCUT2D eigenvalue weighted by Gasteiger charge is 2.30. The molecule has 2 aromatic rings. The van der Waals surface area contributed by atoms with Crippen LogP contribution in [0.25, 0.3) is 11.0 Å². The number of carboxylic acids is 1. The quantitative estimate of drug-likeness (QED) is 0.943. The zero-order valence-electron chi connectivity index (χ0n) is 13.6. The number of aryl methyl sites for hydroxylation is 1. The number of hydrogen-bond donors (Lipinski definition) is 1. The van der Waals surface area contributed by atoms with E-state index in [0.29, 0.717) is 25.4 Å². The molecule has 1 aromatic heterocycles. The predicted octanol–water partition coefficient (Wildman–Crippen LogP) is 2.88. The molecule has 1 unspecified atom stereocenters. The van der Waals surface area contributed by atoms with Crippen LogP contribution in [0.5, 0.6) is 0 Å². The molecule has 1 atom stereocenters.